The van der Waals surface area contributed by atoms with Crippen molar-refractivity contribution in [2.24, 2.45) is 0 Å². The molecule has 3 aromatic rings. The molecule has 5 nitrogen and oxygen atoms in total. The van der Waals surface area contributed by atoms with Gasteiger partial charge in [0.2, 0.25) is 10.0 Å². The van der Waals surface area contributed by atoms with Crippen LogP contribution in [-0.4, -0.2) is 33.9 Å². The third-order valence-electron chi connectivity index (χ3n) is 3.91. The highest BCUT2D eigenvalue weighted by atomic mass is 32.2. The zero-order valence-corrected chi connectivity index (χ0v) is 17.0. The Balaban J connectivity index is 1.87. The van der Waals surface area contributed by atoms with Crippen LogP contribution >= 0.6 is 23.1 Å². The lowest BCUT2D eigenvalue weighted by molar-refractivity contribution is 0.103. The first-order valence-corrected chi connectivity index (χ1v) is 11.6. The number of thiophene rings is 1. The Morgan fingerprint density at radius 2 is 1.92 bits per heavy atom. The largest absolute Gasteiger partial charge is 0.321 e. The fraction of sp³-hybridized carbons (Fsp3) is 0.167. The Morgan fingerprint density at radius 3 is 2.62 bits per heavy atom. The van der Waals surface area contributed by atoms with Crippen LogP contribution in [0.15, 0.2) is 53.4 Å². The van der Waals surface area contributed by atoms with Crippen molar-refractivity contribution in [3.8, 4) is 0 Å². The molecular formula is C18H18N2O3S3. The molecule has 2 aromatic carbocycles. The average molecular weight is 407 g/mol. The average Bonchev–Trinajstić information content (AvgIpc) is 3.03. The number of sulfonamides is 1. The lowest BCUT2D eigenvalue weighted by atomic mass is 10.2. The first-order chi connectivity index (χ1) is 12.3. The summed E-state index contributed by atoms with van der Waals surface area (Å²) in [5.41, 5.74) is 1.31. The normalized spacial score (nSPS) is 11.5. The van der Waals surface area contributed by atoms with Crippen molar-refractivity contribution < 1.29 is 13.2 Å². The van der Waals surface area contributed by atoms with Gasteiger partial charge in [0.15, 0.2) is 0 Å². The monoisotopic (exact) mass is 406 g/mol. The number of benzene rings is 2. The van der Waals surface area contributed by atoms with E-state index in [0.717, 1.165) is 26.9 Å². The minimum atomic E-state index is -3.33. The van der Waals surface area contributed by atoms with Gasteiger partial charge in [-0.15, -0.1) is 23.1 Å². The lowest BCUT2D eigenvalue weighted by Gasteiger charge is -2.16. The van der Waals surface area contributed by atoms with Gasteiger partial charge < -0.3 is 5.32 Å². The molecule has 0 unspecified atom stereocenters. The van der Waals surface area contributed by atoms with Crippen LogP contribution in [0.1, 0.15) is 9.67 Å². The van der Waals surface area contributed by atoms with Crippen molar-refractivity contribution in [3.63, 3.8) is 0 Å². The number of hydrogen-bond acceptors (Lipinski definition) is 5. The van der Waals surface area contributed by atoms with E-state index in [1.807, 2.05) is 36.6 Å². The van der Waals surface area contributed by atoms with E-state index < -0.39 is 10.0 Å². The Kier molecular flexibility index (Phi) is 5.27. The summed E-state index contributed by atoms with van der Waals surface area (Å²) in [6.07, 6.45) is 3.14. The molecule has 26 heavy (non-hydrogen) atoms. The molecule has 0 bridgehead atoms. The van der Waals surface area contributed by atoms with Crippen molar-refractivity contribution in [2.45, 2.75) is 4.90 Å². The van der Waals surface area contributed by atoms with Gasteiger partial charge >= 0.3 is 0 Å². The lowest BCUT2D eigenvalue weighted by Crippen LogP contribution is -2.24. The number of hydrogen-bond donors (Lipinski definition) is 1. The van der Waals surface area contributed by atoms with Crippen LogP contribution in [-0.2, 0) is 10.0 Å². The van der Waals surface area contributed by atoms with E-state index in [2.05, 4.69) is 5.32 Å². The zero-order valence-electron chi connectivity index (χ0n) is 14.5. The van der Waals surface area contributed by atoms with Gasteiger partial charge in [-0.3, -0.25) is 9.10 Å². The summed E-state index contributed by atoms with van der Waals surface area (Å²) < 4.78 is 25.5. The summed E-state index contributed by atoms with van der Waals surface area (Å²) in [6, 6.07) is 14.8. The minimum absolute atomic E-state index is 0.178. The highest BCUT2D eigenvalue weighted by Crippen LogP contribution is 2.30. The molecule has 1 heterocycles. The van der Waals surface area contributed by atoms with Crippen LogP contribution in [0.25, 0.3) is 10.1 Å². The Hall–Kier alpha value is -2.03. The van der Waals surface area contributed by atoms with Crippen molar-refractivity contribution in [3.05, 3.63) is 53.4 Å². The minimum Gasteiger partial charge on any atom is -0.321 e. The molecule has 1 aromatic heterocycles. The van der Waals surface area contributed by atoms with E-state index in [1.165, 1.54) is 22.7 Å². The number of carbonyl (C=O) groups is 1. The molecule has 0 aliphatic carbocycles. The van der Waals surface area contributed by atoms with Gasteiger partial charge in [0.05, 0.1) is 16.8 Å². The first kappa shape index (κ1) is 18.8. The number of amides is 1. The van der Waals surface area contributed by atoms with Crippen LogP contribution in [0.2, 0.25) is 0 Å². The second-order valence-electron chi connectivity index (χ2n) is 5.75. The number of thioether (sulfide) groups is 1. The summed E-state index contributed by atoms with van der Waals surface area (Å²) in [5.74, 6) is -0.178. The number of nitrogens with zero attached hydrogens (tertiary/aromatic N) is 1. The number of nitrogens with one attached hydrogen (secondary N) is 1. The van der Waals surface area contributed by atoms with E-state index in [0.29, 0.717) is 10.6 Å². The van der Waals surface area contributed by atoms with Gasteiger partial charge in [0.25, 0.3) is 5.91 Å². The van der Waals surface area contributed by atoms with Crippen LogP contribution in [0.4, 0.5) is 11.4 Å². The van der Waals surface area contributed by atoms with E-state index >= 15 is 0 Å². The number of rotatable bonds is 5. The van der Waals surface area contributed by atoms with E-state index in [-0.39, 0.29) is 5.91 Å². The maximum absolute atomic E-state index is 12.5. The van der Waals surface area contributed by atoms with Crippen molar-refractivity contribution in [1.29, 1.82) is 0 Å². The molecule has 0 aliphatic heterocycles. The predicted molar refractivity (Wildman–Crippen MR) is 111 cm³/mol. The molecule has 1 amide bonds. The topological polar surface area (TPSA) is 66.5 Å². The molecule has 0 aliphatic rings. The Morgan fingerprint density at radius 1 is 1.15 bits per heavy atom. The van der Waals surface area contributed by atoms with Crippen molar-refractivity contribution in [1.82, 2.24) is 0 Å². The van der Waals surface area contributed by atoms with Crippen LogP contribution < -0.4 is 9.62 Å². The highest BCUT2D eigenvalue weighted by Gasteiger charge is 2.15. The van der Waals surface area contributed by atoms with Crippen molar-refractivity contribution in [2.75, 3.05) is 29.2 Å². The van der Waals surface area contributed by atoms with E-state index in [9.17, 15) is 13.2 Å². The standard InChI is InChI=1S/C18H18N2O3S3/c1-20(26(3,22)23)14-7-8-16-12(9-14)10-17(25-16)18(21)19-13-5-4-6-15(11-13)24-2/h4-11H,1-3H3,(H,19,21). The first-order valence-electron chi connectivity index (χ1n) is 7.71. The molecule has 0 fully saturated rings. The van der Waals surface area contributed by atoms with Gasteiger partial charge in [0.1, 0.15) is 0 Å². The molecule has 0 radical (unpaired) electrons. The summed E-state index contributed by atoms with van der Waals surface area (Å²) in [4.78, 5) is 14.2. The molecule has 0 saturated heterocycles. The Labute approximate surface area is 161 Å². The fourth-order valence-electron chi connectivity index (χ4n) is 2.42. The van der Waals surface area contributed by atoms with Crippen molar-refractivity contribution >= 4 is 60.5 Å². The maximum Gasteiger partial charge on any atom is 0.265 e. The van der Waals surface area contributed by atoms with Crippen LogP contribution in [0.3, 0.4) is 0 Å². The molecule has 3 rings (SSSR count). The summed E-state index contributed by atoms with van der Waals surface area (Å²) in [5, 5.41) is 3.75. The third kappa shape index (κ3) is 4.03. The van der Waals surface area contributed by atoms with Gasteiger partial charge in [-0.05, 0) is 54.1 Å². The molecule has 0 spiro atoms. The number of fused-ring (bicyclic) bond motifs is 1. The van der Waals surface area contributed by atoms with Crippen LogP contribution in [0, 0.1) is 0 Å². The summed E-state index contributed by atoms with van der Waals surface area (Å²) in [7, 11) is -1.82. The number of anilines is 2. The zero-order chi connectivity index (χ0) is 18.9. The molecule has 136 valence electrons. The smallest absolute Gasteiger partial charge is 0.265 e. The quantitative estimate of drug-likeness (QED) is 0.643. The molecule has 0 saturated carbocycles. The predicted octanol–water partition coefficient (Wildman–Crippen LogP) is 4.27. The summed E-state index contributed by atoms with van der Waals surface area (Å²) >= 11 is 2.99. The van der Waals surface area contributed by atoms with E-state index in [1.54, 1.807) is 30.0 Å². The molecule has 0 atom stereocenters. The SMILES string of the molecule is CSc1cccc(NC(=O)c2cc3cc(N(C)S(C)(=O)=O)ccc3s2)c1. The molecule has 1 N–H and O–H groups in total. The van der Waals surface area contributed by atoms with Gasteiger partial charge in [-0.25, -0.2) is 8.42 Å². The van der Waals surface area contributed by atoms with Gasteiger partial charge in [0, 0.05) is 22.3 Å². The van der Waals surface area contributed by atoms with Gasteiger partial charge in [-0.1, -0.05) is 6.07 Å². The molecule has 8 heteroatoms. The van der Waals surface area contributed by atoms with E-state index in [4.69, 9.17) is 0 Å². The van der Waals surface area contributed by atoms with Crippen LogP contribution in [0.5, 0.6) is 0 Å². The third-order valence-corrected chi connectivity index (χ3v) is 6.96. The maximum atomic E-state index is 12.5. The Bertz CT molecular complexity index is 1070. The number of carbonyl (C=O) groups excluding carboxylic acids is 1. The molecular weight excluding hydrogens is 388 g/mol. The second-order valence-corrected chi connectivity index (χ2v) is 9.73. The fourth-order valence-corrected chi connectivity index (χ4v) is 4.32. The van der Waals surface area contributed by atoms with Gasteiger partial charge in [-0.2, -0.15) is 0 Å². The highest BCUT2D eigenvalue weighted by molar-refractivity contribution is 7.98. The summed E-state index contributed by atoms with van der Waals surface area (Å²) in [6.45, 7) is 0. The second kappa shape index (κ2) is 7.30.